The quantitative estimate of drug-likeness (QED) is 0.846. The molecular formula is C17H26N2O. The Balaban J connectivity index is 1.69. The average Bonchev–Trinajstić information content (AvgIpc) is 2.81. The number of hydrogen-bond donors (Lipinski definition) is 0. The van der Waals surface area contributed by atoms with Gasteiger partial charge in [-0.3, -0.25) is 9.88 Å². The molecule has 1 spiro atoms. The first-order valence-electron chi connectivity index (χ1n) is 7.90. The van der Waals surface area contributed by atoms with Gasteiger partial charge in [-0.2, -0.15) is 0 Å². The fraction of sp³-hybridized carbons (Fsp3) is 0.706. The zero-order chi connectivity index (χ0) is 14.0. The Kier molecular flexibility index (Phi) is 4.08. The molecule has 1 aliphatic heterocycles. The van der Waals surface area contributed by atoms with E-state index in [0.717, 1.165) is 12.2 Å². The lowest BCUT2D eigenvalue weighted by molar-refractivity contribution is -0.0368. The van der Waals surface area contributed by atoms with Crippen LogP contribution in [0.4, 0.5) is 0 Å². The molecule has 2 aliphatic rings. The number of nitrogens with zero attached hydrogens (tertiary/aromatic N) is 2. The second-order valence-electron chi connectivity index (χ2n) is 6.56. The predicted molar refractivity (Wildman–Crippen MR) is 80.6 cm³/mol. The monoisotopic (exact) mass is 274 g/mol. The highest BCUT2D eigenvalue weighted by atomic mass is 16.5. The number of rotatable bonds is 3. The number of ether oxygens (including phenoxy) is 1. The molecule has 0 N–H and O–H groups in total. The van der Waals surface area contributed by atoms with Crippen LogP contribution in [-0.4, -0.2) is 36.2 Å². The molecule has 0 aromatic carbocycles. The summed E-state index contributed by atoms with van der Waals surface area (Å²) in [5.41, 5.74) is 2.73. The van der Waals surface area contributed by atoms with Crippen LogP contribution in [-0.2, 0) is 11.3 Å². The fourth-order valence-corrected chi connectivity index (χ4v) is 4.25. The van der Waals surface area contributed by atoms with Crippen LogP contribution in [0.3, 0.4) is 0 Å². The van der Waals surface area contributed by atoms with E-state index < -0.39 is 0 Å². The van der Waals surface area contributed by atoms with Crippen molar-refractivity contribution in [1.82, 2.24) is 9.88 Å². The molecule has 3 rings (SSSR count). The maximum absolute atomic E-state index is 5.78. The molecule has 3 heteroatoms. The summed E-state index contributed by atoms with van der Waals surface area (Å²) >= 11 is 0. The van der Waals surface area contributed by atoms with Crippen molar-refractivity contribution >= 4 is 0 Å². The van der Waals surface area contributed by atoms with E-state index in [9.17, 15) is 0 Å². The number of aromatic nitrogens is 1. The molecule has 1 aromatic heterocycles. The maximum Gasteiger partial charge on any atom is 0.0639 e. The minimum Gasteiger partial charge on any atom is -0.381 e. The van der Waals surface area contributed by atoms with E-state index in [1.807, 2.05) is 7.11 Å². The highest BCUT2D eigenvalue weighted by molar-refractivity contribution is 5.10. The SMILES string of the molecule is CO[C@@H]1CCC[C@]12CCCN(Cc1cccc(C)n1)C2. The van der Waals surface area contributed by atoms with Gasteiger partial charge in [-0.05, 0) is 51.3 Å². The smallest absolute Gasteiger partial charge is 0.0639 e. The van der Waals surface area contributed by atoms with Crippen molar-refractivity contribution in [3.05, 3.63) is 29.6 Å². The zero-order valence-corrected chi connectivity index (χ0v) is 12.8. The van der Waals surface area contributed by atoms with Crippen LogP contribution in [0.1, 0.15) is 43.5 Å². The zero-order valence-electron chi connectivity index (χ0n) is 12.8. The van der Waals surface area contributed by atoms with Crippen LogP contribution < -0.4 is 0 Å². The van der Waals surface area contributed by atoms with Crippen LogP contribution in [0.25, 0.3) is 0 Å². The van der Waals surface area contributed by atoms with Gasteiger partial charge in [0.05, 0.1) is 11.8 Å². The highest BCUT2D eigenvalue weighted by Crippen LogP contribution is 2.46. The lowest BCUT2D eigenvalue weighted by Crippen LogP contribution is -2.47. The van der Waals surface area contributed by atoms with E-state index in [0.29, 0.717) is 11.5 Å². The van der Waals surface area contributed by atoms with Crippen LogP contribution >= 0.6 is 0 Å². The Bertz CT molecular complexity index is 462. The first kappa shape index (κ1) is 14.0. The van der Waals surface area contributed by atoms with Crippen LogP contribution in [0.2, 0.25) is 0 Å². The number of aryl methyl sites for hydroxylation is 1. The van der Waals surface area contributed by atoms with Gasteiger partial charge in [-0.25, -0.2) is 0 Å². The second-order valence-corrected chi connectivity index (χ2v) is 6.56. The third-order valence-electron chi connectivity index (χ3n) is 5.13. The van der Waals surface area contributed by atoms with Crippen molar-refractivity contribution in [2.24, 2.45) is 5.41 Å². The van der Waals surface area contributed by atoms with E-state index >= 15 is 0 Å². The Labute approximate surface area is 122 Å². The van der Waals surface area contributed by atoms with E-state index in [-0.39, 0.29) is 0 Å². The van der Waals surface area contributed by atoms with Crippen molar-refractivity contribution in [3.8, 4) is 0 Å². The Morgan fingerprint density at radius 3 is 3.00 bits per heavy atom. The Morgan fingerprint density at radius 2 is 2.20 bits per heavy atom. The summed E-state index contributed by atoms with van der Waals surface area (Å²) in [6, 6.07) is 6.33. The van der Waals surface area contributed by atoms with Gasteiger partial charge >= 0.3 is 0 Å². The lowest BCUT2D eigenvalue weighted by Gasteiger charge is -2.43. The first-order valence-corrected chi connectivity index (χ1v) is 7.90. The van der Waals surface area contributed by atoms with Crippen molar-refractivity contribution in [2.75, 3.05) is 20.2 Å². The summed E-state index contributed by atoms with van der Waals surface area (Å²) in [5, 5.41) is 0. The highest BCUT2D eigenvalue weighted by Gasteiger charge is 2.45. The summed E-state index contributed by atoms with van der Waals surface area (Å²) in [5.74, 6) is 0. The molecule has 0 radical (unpaired) electrons. The number of likely N-dealkylation sites (tertiary alicyclic amines) is 1. The Hall–Kier alpha value is -0.930. The molecule has 110 valence electrons. The second kappa shape index (κ2) is 5.82. The van der Waals surface area contributed by atoms with Crippen LogP contribution in [0.5, 0.6) is 0 Å². The third kappa shape index (κ3) is 2.75. The van der Waals surface area contributed by atoms with Gasteiger partial charge in [0.2, 0.25) is 0 Å². The van der Waals surface area contributed by atoms with Crippen molar-refractivity contribution in [2.45, 2.75) is 51.7 Å². The third-order valence-corrected chi connectivity index (χ3v) is 5.13. The van der Waals surface area contributed by atoms with E-state index in [1.54, 1.807) is 0 Å². The van der Waals surface area contributed by atoms with Gasteiger partial charge in [0, 0.05) is 31.3 Å². The molecule has 1 aromatic rings. The summed E-state index contributed by atoms with van der Waals surface area (Å²) in [6.45, 7) is 5.44. The minimum absolute atomic E-state index is 0.414. The molecule has 1 saturated carbocycles. The number of hydrogen-bond acceptors (Lipinski definition) is 3. The molecule has 0 amide bonds. The number of pyridine rings is 1. The maximum atomic E-state index is 5.78. The van der Waals surface area contributed by atoms with Gasteiger partial charge in [-0.1, -0.05) is 12.5 Å². The summed E-state index contributed by atoms with van der Waals surface area (Å²) in [6.07, 6.45) is 7.01. The van der Waals surface area contributed by atoms with Gasteiger partial charge in [0.1, 0.15) is 0 Å². The van der Waals surface area contributed by atoms with Crippen LogP contribution in [0, 0.1) is 12.3 Å². The first-order chi connectivity index (χ1) is 9.72. The van der Waals surface area contributed by atoms with Crippen molar-refractivity contribution in [3.63, 3.8) is 0 Å². The molecule has 3 nitrogen and oxygen atoms in total. The van der Waals surface area contributed by atoms with Gasteiger partial charge in [0.25, 0.3) is 0 Å². The van der Waals surface area contributed by atoms with Crippen molar-refractivity contribution in [1.29, 1.82) is 0 Å². The van der Waals surface area contributed by atoms with Gasteiger partial charge < -0.3 is 4.74 Å². The molecule has 0 bridgehead atoms. The lowest BCUT2D eigenvalue weighted by atomic mass is 9.76. The largest absolute Gasteiger partial charge is 0.381 e. The van der Waals surface area contributed by atoms with Crippen molar-refractivity contribution < 1.29 is 4.74 Å². The summed E-state index contributed by atoms with van der Waals surface area (Å²) in [4.78, 5) is 7.23. The van der Waals surface area contributed by atoms with E-state index in [1.165, 1.54) is 50.9 Å². The van der Waals surface area contributed by atoms with E-state index in [2.05, 4.69) is 35.0 Å². The van der Waals surface area contributed by atoms with Gasteiger partial charge in [0.15, 0.2) is 0 Å². The molecule has 1 aliphatic carbocycles. The predicted octanol–water partition coefficient (Wildman–Crippen LogP) is 3.17. The summed E-state index contributed by atoms with van der Waals surface area (Å²) in [7, 11) is 1.89. The number of methoxy groups -OCH3 is 1. The minimum atomic E-state index is 0.414. The molecule has 20 heavy (non-hydrogen) atoms. The fourth-order valence-electron chi connectivity index (χ4n) is 4.25. The molecule has 0 unspecified atom stereocenters. The topological polar surface area (TPSA) is 25.4 Å². The van der Waals surface area contributed by atoms with Gasteiger partial charge in [-0.15, -0.1) is 0 Å². The van der Waals surface area contributed by atoms with E-state index in [4.69, 9.17) is 4.74 Å². The molecule has 1 saturated heterocycles. The summed E-state index contributed by atoms with van der Waals surface area (Å²) < 4.78 is 5.78. The molecule has 2 fully saturated rings. The standard InChI is InChI=1S/C17H26N2O/c1-14-6-3-7-15(18-14)12-19-11-5-10-17(13-19)9-4-8-16(17)20-2/h3,6-7,16H,4-5,8-13H2,1-2H3/t16-,17-/m1/s1. The number of piperidine rings is 1. The normalized spacial score (nSPS) is 31.0. The molecule has 2 heterocycles. The molecule has 2 atom stereocenters. The average molecular weight is 274 g/mol. The Morgan fingerprint density at radius 1 is 1.35 bits per heavy atom. The van der Waals surface area contributed by atoms with Crippen LogP contribution in [0.15, 0.2) is 18.2 Å². The molecular weight excluding hydrogens is 248 g/mol.